The lowest BCUT2D eigenvalue weighted by Crippen LogP contribution is -2.35. The summed E-state index contributed by atoms with van der Waals surface area (Å²) in [6.45, 7) is 5.22. The molecule has 0 unspecified atom stereocenters. The summed E-state index contributed by atoms with van der Waals surface area (Å²) in [7, 11) is 0. The summed E-state index contributed by atoms with van der Waals surface area (Å²) < 4.78 is 42.8. The van der Waals surface area contributed by atoms with E-state index in [0.29, 0.717) is 25.0 Å². The van der Waals surface area contributed by atoms with E-state index in [4.69, 9.17) is 10.5 Å². The van der Waals surface area contributed by atoms with Crippen molar-refractivity contribution in [1.29, 1.82) is 0 Å². The molecule has 0 radical (unpaired) electrons. The first kappa shape index (κ1) is 20.8. The molecule has 0 aromatic heterocycles. The number of alkyl halides is 3. The Labute approximate surface area is 145 Å². The number of nitrogens with one attached hydrogen (secondary N) is 1. The van der Waals surface area contributed by atoms with Crippen molar-refractivity contribution in [2.45, 2.75) is 20.0 Å². The van der Waals surface area contributed by atoms with E-state index in [1.54, 1.807) is 0 Å². The summed E-state index contributed by atoms with van der Waals surface area (Å²) in [5.41, 5.74) is 4.89. The number of aliphatic imine (C=N–C) groups is 1. The number of benzene rings is 1. The Morgan fingerprint density at radius 3 is 2.64 bits per heavy atom. The topological polar surface area (TPSA) is 59.6 Å². The molecule has 0 saturated carbocycles. The molecule has 1 aromatic rings. The monoisotopic (exact) mass is 431 g/mol. The summed E-state index contributed by atoms with van der Waals surface area (Å²) in [6.07, 6.45) is -4.37. The molecule has 0 aliphatic heterocycles. The van der Waals surface area contributed by atoms with Gasteiger partial charge in [-0.25, -0.2) is 0 Å². The van der Waals surface area contributed by atoms with Crippen LogP contribution < -0.4 is 15.8 Å². The van der Waals surface area contributed by atoms with Crippen LogP contribution in [0, 0.1) is 5.92 Å². The van der Waals surface area contributed by atoms with E-state index in [2.05, 4.69) is 10.3 Å². The molecular formula is C14H21F3IN3O. The first-order chi connectivity index (χ1) is 9.79. The number of guanidine groups is 1. The van der Waals surface area contributed by atoms with Gasteiger partial charge in [0.1, 0.15) is 12.4 Å². The van der Waals surface area contributed by atoms with Crippen LogP contribution in [0.4, 0.5) is 13.2 Å². The molecule has 1 aromatic carbocycles. The molecule has 0 spiro atoms. The zero-order chi connectivity index (χ0) is 15.9. The molecule has 22 heavy (non-hydrogen) atoms. The molecule has 4 nitrogen and oxygen atoms in total. The van der Waals surface area contributed by atoms with Crippen molar-refractivity contribution in [1.82, 2.24) is 5.32 Å². The van der Waals surface area contributed by atoms with Gasteiger partial charge in [-0.05, 0) is 24.1 Å². The van der Waals surface area contributed by atoms with Gasteiger partial charge in [0.05, 0.1) is 12.1 Å². The minimum atomic E-state index is -4.37. The minimum Gasteiger partial charge on any atom is -0.492 e. The lowest BCUT2D eigenvalue weighted by molar-refractivity contribution is -0.137. The molecule has 0 bridgehead atoms. The van der Waals surface area contributed by atoms with Crippen molar-refractivity contribution in [3.8, 4) is 5.75 Å². The SMILES string of the molecule is CC(C)CN=C(N)NCCOc1cccc(C(F)(F)F)c1.I. The van der Waals surface area contributed by atoms with Crippen LogP contribution in [0.2, 0.25) is 0 Å². The number of halogens is 4. The average Bonchev–Trinajstić information content (AvgIpc) is 2.41. The number of nitrogens with zero attached hydrogens (tertiary/aromatic N) is 1. The van der Waals surface area contributed by atoms with Gasteiger partial charge in [0.2, 0.25) is 0 Å². The van der Waals surface area contributed by atoms with Gasteiger partial charge in [0.15, 0.2) is 5.96 Å². The van der Waals surface area contributed by atoms with Gasteiger partial charge in [-0.3, -0.25) is 4.99 Å². The Hall–Kier alpha value is -1.19. The molecule has 0 heterocycles. The van der Waals surface area contributed by atoms with Crippen LogP contribution in [0.25, 0.3) is 0 Å². The van der Waals surface area contributed by atoms with Crippen LogP contribution >= 0.6 is 24.0 Å². The second-order valence-electron chi connectivity index (χ2n) is 4.92. The molecule has 0 saturated heterocycles. The third-order valence-electron chi connectivity index (χ3n) is 2.47. The first-order valence-corrected chi connectivity index (χ1v) is 6.63. The number of rotatable bonds is 6. The fourth-order valence-corrected chi connectivity index (χ4v) is 1.45. The zero-order valence-electron chi connectivity index (χ0n) is 12.5. The van der Waals surface area contributed by atoms with E-state index in [9.17, 15) is 13.2 Å². The summed E-state index contributed by atoms with van der Waals surface area (Å²) in [4.78, 5) is 4.09. The highest BCUT2D eigenvalue weighted by atomic mass is 127. The predicted octanol–water partition coefficient (Wildman–Crippen LogP) is 3.26. The molecule has 8 heteroatoms. The lowest BCUT2D eigenvalue weighted by Gasteiger charge is -2.11. The number of hydrogen-bond acceptors (Lipinski definition) is 2. The van der Waals surface area contributed by atoms with Gasteiger partial charge in [-0.1, -0.05) is 19.9 Å². The second kappa shape index (κ2) is 9.75. The Morgan fingerprint density at radius 1 is 1.36 bits per heavy atom. The van der Waals surface area contributed by atoms with Crippen LogP contribution in [0.3, 0.4) is 0 Å². The molecule has 0 amide bonds. The largest absolute Gasteiger partial charge is 0.492 e. The van der Waals surface area contributed by atoms with E-state index >= 15 is 0 Å². The van der Waals surface area contributed by atoms with Gasteiger partial charge < -0.3 is 15.8 Å². The molecular weight excluding hydrogens is 410 g/mol. The smallest absolute Gasteiger partial charge is 0.416 e. The number of ether oxygens (including phenoxy) is 1. The fraction of sp³-hybridized carbons (Fsp3) is 0.500. The van der Waals surface area contributed by atoms with E-state index in [1.165, 1.54) is 12.1 Å². The van der Waals surface area contributed by atoms with Crippen LogP contribution in [-0.4, -0.2) is 25.7 Å². The van der Waals surface area contributed by atoms with E-state index in [1.807, 2.05) is 13.8 Å². The average molecular weight is 431 g/mol. The lowest BCUT2D eigenvalue weighted by atomic mass is 10.2. The number of nitrogens with two attached hydrogens (primary N) is 1. The van der Waals surface area contributed by atoms with Crippen LogP contribution in [0.15, 0.2) is 29.3 Å². The molecule has 126 valence electrons. The van der Waals surface area contributed by atoms with Gasteiger partial charge in [-0.2, -0.15) is 13.2 Å². The van der Waals surface area contributed by atoms with Crippen LogP contribution in [0.1, 0.15) is 19.4 Å². The maximum atomic E-state index is 12.5. The van der Waals surface area contributed by atoms with Gasteiger partial charge >= 0.3 is 6.18 Å². The molecule has 0 atom stereocenters. The molecule has 3 N–H and O–H groups in total. The van der Waals surface area contributed by atoms with Gasteiger partial charge in [0, 0.05) is 6.54 Å². The quantitative estimate of drug-likeness (QED) is 0.315. The molecule has 0 aliphatic rings. The Bertz CT molecular complexity index is 479. The van der Waals surface area contributed by atoms with Crippen molar-refractivity contribution in [3.63, 3.8) is 0 Å². The Kier molecular flexibility index (Phi) is 9.22. The standard InChI is InChI=1S/C14H20F3N3O.HI/c1-10(2)9-20-13(18)19-6-7-21-12-5-3-4-11(8-12)14(15,16)17;/h3-5,8,10H,6-7,9H2,1-2H3,(H3,18,19,20);1H. The summed E-state index contributed by atoms with van der Waals surface area (Å²) in [6, 6.07) is 4.76. The van der Waals surface area contributed by atoms with Gasteiger partial charge in [0.25, 0.3) is 0 Å². The fourth-order valence-electron chi connectivity index (χ4n) is 1.45. The van der Waals surface area contributed by atoms with Crippen LogP contribution in [0.5, 0.6) is 5.75 Å². The highest BCUT2D eigenvalue weighted by Gasteiger charge is 2.30. The molecule has 0 aliphatic carbocycles. The maximum absolute atomic E-state index is 12.5. The second-order valence-corrected chi connectivity index (χ2v) is 4.92. The van der Waals surface area contributed by atoms with Crippen molar-refractivity contribution in [3.05, 3.63) is 29.8 Å². The van der Waals surface area contributed by atoms with E-state index in [0.717, 1.165) is 12.1 Å². The van der Waals surface area contributed by atoms with E-state index in [-0.39, 0.29) is 36.3 Å². The highest BCUT2D eigenvalue weighted by Crippen LogP contribution is 2.31. The maximum Gasteiger partial charge on any atom is 0.416 e. The Balaban J connectivity index is 0.00000441. The summed E-state index contributed by atoms with van der Waals surface area (Å²) in [5, 5.41) is 2.83. The third kappa shape index (κ3) is 8.30. The summed E-state index contributed by atoms with van der Waals surface area (Å²) >= 11 is 0. The minimum absolute atomic E-state index is 0. The number of hydrogen-bond donors (Lipinski definition) is 2. The van der Waals surface area contributed by atoms with Crippen molar-refractivity contribution in [2.75, 3.05) is 19.7 Å². The highest BCUT2D eigenvalue weighted by molar-refractivity contribution is 14.0. The Morgan fingerprint density at radius 2 is 2.05 bits per heavy atom. The van der Waals surface area contributed by atoms with Crippen LogP contribution in [-0.2, 0) is 6.18 Å². The molecule has 1 rings (SSSR count). The zero-order valence-corrected chi connectivity index (χ0v) is 14.8. The van der Waals surface area contributed by atoms with E-state index < -0.39 is 11.7 Å². The first-order valence-electron chi connectivity index (χ1n) is 6.63. The summed E-state index contributed by atoms with van der Waals surface area (Å²) in [5.74, 6) is 0.882. The van der Waals surface area contributed by atoms with Crippen molar-refractivity contribution >= 4 is 29.9 Å². The molecule has 0 fully saturated rings. The van der Waals surface area contributed by atoms with Crippen molar-refractivity contribution in [2.24, 2.45) is 16.6 Å². The van der Waals surface area contributed by atoms with Crippen molar-refractivity contribution < 1.29 is 17.9 Å². The predicted molar refractivity (Wildman–Crippen MR) is 91.7 cm³/mol. The normalized spacial score (nSPS) is 12.0. The third-order valence-corrected chi connectivity index (χ3v) is 2.47. The van der Waals surface area contributed by atoms with Gasteiger partial charge in [-0.15, -0.1) is 24.0 Å².